The van der Waals surface area contributed by atoms with E-state index in [1.54, 1.807) is 0 Å². The fraction of sp³-hybridized carbons (Fsp3) is 0.533. The number of carbonyl (C=O) groups is 2. The van der Waals surface area contributed by atoms with Gasteiger partial charge in [0.1, 0.15) is 29.5 Å². The lowest BCUT2D eigenvalue weighted by Gasteiger charge is -2.27. The van der Waals surface area contributed by atoms with Crippen LogP contribution in [0.3, 0.4) is 0 Å². The first-order valence-corrected chi connectivity index (χ1v) is 7.77. The Morgan fingerprint density at radius 3 is 2.50 bits per heavy atom. The molecule has 11 heteroatoms. The van der Waals surface area contributed by atoms with Gasteiger partial charge >= 0.3 is 6.03 Å². The van der Waals surface area contributed by atoms with Crippen molar-refractivity contribution in [2.45, 2.75) is 37.0 Å². The molecule has 5 unspecified atom stereocenters. The molecule has 0 aromatic rings. The SMILES string of the molecule is C=CCN1C(=O)N(C2OC(C)(CO)C(O)C2O)C(=NC(=C)N)C1C(N)=O. The lowest BCUT2D eigenvalue weighted by molar-refractivity contribution is -0.119. The third kappa shape index (κ3) is 3.05. The van der Waals surface area contributed by atoms with Gasteiger partial charge in [0, 0.05) is 6.54 Å². The van der Waals surface area contributed by atoms with Crippen LogP contribution in [0, 0.1) is 0 Å². The van der Waals surface area contributed by atoms with Crippen molar-refractivity contribution < 1.29 is 29.6 Å². The Balaban J connectivity index is 2.54. The molecule has 2 rings (SSSR count). The Labute approximate surface area is 149 Å². The van der Waals surface area contributed by atoms with E-state index in [0.717, 1.165) is 9.80 Å². The quantitative estimate of drug-likeness (QED) is 0.319. The first-order valence-electron chi connectivity index (χ1n) is 7.77. The number of urea groups is 1. The van der Waals surface area contributed by atoms with Gasteiger partial charge in [0.05, 0.1) is 6.61 Å². The Morgan fingerprint density at radius 1 is 1.46 bits per heavy atom. The summed E-state index contributed by atoms with van der Waals surface area (Å²) in [4.78, 5) is 30.6. The molecule has 26 heavy (non-hydrogen) atoms. The van der Waals surface area contributed by atoms with Crippen LogP contribution < -0.4 is 11.5 Å². The van der Waals surface area contributed by atoms with E-state index < -0.39 is 48.6 Å². The van der Waals surface area contributed by atoms with Crippen LogP contribution in [-0.2, 0) is 9.53 Å². The van der Waals surface area contributed by atoms with Crippen LogP contribution in [0.1, 0.15) is 6.92 Å². The number of primary amides is 1. The standard InChI is InChI=1S/C15H23N5O6/c1-4-5-19-8(11(17)24)12(18-7(2)16)20(14(19)25)13-9(22)10(23)15(3,6-21)26-13/h4,8-10,13,21-23H,1-2,5-6,16H2,3H3,(H2,17,24). The largest absolute Gasteiger partial charge is 0.393 e. The van der Waals surface area contributed by atoms with Crippen molar-refractivity contribution in [2.24, 2.45) is 16.5 Å². The normalized spacial score (nSPS) is 36.0. The predicted molar refractivity (Wildman–Crippen MR) is 90.3 cm³/mol. The molecule has 2 aliphatic rings. The number of aliphatic hydroxyl groups excluding tert-OH is 3. The van der Waals surface area contributed by atoms with Crippen LogP contribution in [0.4, 0.5) is 4.79 Å². The number of carbonyl (C=O) groups excluding carboxylic acids is 2. The second-order valence-electron chi connectivity index (χ2n) is 6.27. The number of aliphatic imine (C=N–C) groups is 1. The van der Waals surface area contributed by atoms with E-state index >= 15 is 0 Å². The first-order chi connectivity index (χ1) is 12.1. The molecule has 2 aliphatic heterocycles. The smallest absolute Gasteiger partial charge is 0.329 e. The summed E-state index contributed by atoms with van der Waals surface area (Å²) < 4.78 is 5.54. The molecular weight excluding hydrogens is 346 g/mol. The Kier molecular flexibility index (Phi) is 5.37. The molecule has 0 saturated carbocycles. The molecule has 3 amide bonds. The maximum atomic E-state index is 12.9. The van der Waals surface area contributed by atoms with Gasteiger partial charge in [-0.15, -0.1) is 6.58 Å². The molecule has 144 valence electrons. The van der Waals surface area contributed by atoms with Crippen molar-refractivity contribution in [2.75, 3.05) is 13.2 Å². The van der Waals surface area contributed by atoms with Crippen LogP contribution in [0.25, 0.3) is 0 Å². The molecule has 0 aromatic carbocycles. The number of nitrogens with two attached hydrogens (primary N) is 2. The highest BCUT2D eigenvalue weighted by Crippen LogP contribution is 2.35. The van der Waals surface area contributed by atoms with Crippen molar-refractivity contribution in [1.29, 1.82) is 0 Å². The molecule has 0 bridgehead atoms. The minimum absolute atomic E-state index is 0.0400. The number of aliphatic hydroxyl groups is 3. The third-order valence-electron chi connectivity index (χ3n) is 4.31. The minimum atomic E-state index is -1.58. The first kappa shape index (κ1) is 19.8. The second kappa shape index (κ2) is 7.03. The van der Waals surface area contributed by atoms with Gasteiger partial charge in [-0.2, -0.15) is 0 Å². The Hall–Kier alpha value is -2.47. The average molecular weight is 369 g/mol. The van der Waals surface area contributed by atoms with E-state index in [9.17, 15) is 24.9 Å². The zero-order valence-corrected chi connectivity index (χ0v) is 14.3. The van der Waals surface area contributed by atoms with Gasteiger partial charge in [0.25, 0.3) is 0 Å². The molecule has 7 N–H and O–H groups in total. The molecule has 0 aromatic heterocycles. The van der Waals surface area contributed by atoms with Gasteiger partial charge in [0.15, 0.2) is 12.3 Å². The Morgan fingerprint density at radius 2 is 2.08 bits per heavy atom. The molecule has 11 nitrogen and oxygen atoms in total. The summed E-state index contributed by atoms with van der Waals surface area (Å²) in [6.07, 6.45) is -3.12. The summed E-state index contributed by atoms with van der Waals surface area (Å²) in [5.74, 6) is -1.29. The summed E-state index contributed by atoms with van der Waals surface area (Å²) in [6.45, 7) is 7.65. The fourth-order valence-electron chi connectivity index (χ4n) is 2.99. The fourth-order valence-corrected chi connectivity index (χ4v) is 2.99. The van der Waals surface area contributed by atoms with E-state index in [1.165, 1.54) is 13.0 Å². The maximum absolute atomic E-state index is 12.9. The monoisotopic (exact) mass is 369 g/mol. The van der Waals surface area contributed by atoms with Crippen molar-refractivity contribution in [3.63, 3.8) is 0 Å². The van der Waals surface area contributed by atoms with Gasteiger partial charge in [0.2, 0.25) is 5.91 Å². The lowest BCUT2D eigenvalue weighted by atomic mass is 9.98. The van der Waals surface area contributed by atoms with Crippen LogP contribution in [0.2, 0.25) is 0 Å². The van der Waals surface area contributed by atoms with E-state index in [4.69, 9.17) is 16.2 Å². The van der Waals surface area contributed by atoms with Gasteiger partial charge in [-0.05, 0) is 6.92 Å². The number of hydrogen-bond donors (Lipinski definition) is 5. The Bertz CT molecular complexity index is 667. The number of ether oxygens (including phenoxy) is 1. The van der Waals surface area contributed by atoms with Crippen LogP contribution in [-0.4, -0.2) is 86.1 Å². The molecule has 2 saturated heterocycles. The highest BCUT2D eigenvalue weighted by molar-refractivity contribution is 6.18. The van der Waals surface area contributed by atoms with Gasteiger partial charge in [-0.3, -0.25) is 4.79 Å². The van der Waals surface area contributed by atoms with Crippen LogP contribution in [0.15, 0.2) is 30.0 Å². The van der Waals surface area contributed by atoms with E-state index in [2.05, 4.69) is 18.2 Å². The molecule has 0 aliphatic carbocycles. The molecule has 2 heterocycles. The summed E-state index contributed by atoms with van der Waals surface area (Å²) in [7, 11) is 0. The topological polar surface area (TPSA) is 175 Å². The minimum Gasteiger partial charge on any atom is -0.393 e. The lowest BCUT2D eigenvalue weighted by Crippen LogP contribution is -2.49. The van der Waals surface area contributed by atoms with Gasteiger partial charge in [-0.25, -0.2) is 14.7 Å². The summed E-state index contributed by atoms with van der Waals surface area (Å²) in [6, 6.07) is -2.05. The number of nitrogens with zero attached hydrogens (tertiary/aromatic N) is 3. The molecule has 0 radical (unpaired) electrons. The number of amidine groups is 1. The van der Waals surface area contributed by atoms with Crippen molar-refractivity contribution >= 4 is 17.8 Å². The van der Waals surface area contributed by atoms with Gasteiger partial charge in [-0.1, -0.05) is 12.7 Å². The van der Waals surface area contributed by atoms with Crippen molar-refractivity contribution in [1.82, 2.24) is 9.80 Å². The summed E-state index contributed by atoms with van der Waals surface area (Å²) in [5, 5.41) is 30.0. The molecule has 5 atom stereocenters. The zero-order valence-electron chi connectivity index (χ0n) is 14.3. The molecule has 0 spiro atoms. The van der Waals surface area contributed by atoms with E-state index in [0.29, 0.717) is 0 Å². The van der Waals surface area contributed by atoms with Gasteiger partial charge < -0.3 is 36.4 Å². The average Bonchev–Trinajstić information content (AvgIpc) is 2.94. The van der Waals surface area contributed by atoms with Crippen LogP contribution >= 0.6 is 0 Å². The van der Waals surface area contributed by atoms with Crippen molar-refractivity contribution in [3.8, 4) is 0 Å². The molecule has 2 fully saturated rings. The highest BCUT2D eigenvalue weighted by Gasteiger charge is 2.59. The number of amides is 3. The van der Waals surface area contributed by atoms with Crippen LogP contribution in [0.5, 0.6) is 0 Å². The second-order valence-corrected chi connectivity index (χ2v) is 6.27. The summed E-state index contributed by atoms with van der Waals surface area (Å²) >= 11 is 0. The maximum Gasteiger partial charge on any atom is 0.329 e. The van der Waals surface area contributed by atoms with E-state index in [-0.39, 0.29) is 18.2 Å². The third-order valence-corrected chi connectivity index (χ3v) is 4.31. The predicted octanol–water partition coefficient (Wildman–Crippen LogP) is -2.58. The number of rotatable bonds is 6. The van der Waals surface area contributed by atoms with Crippen molar-refractivity contribution in [3.05, 3.63) is 25.1 Å². The highest BCUT2D eigenvalue weighted by atomic mass is 16.6. The molecular formula is C15H23N5O6. The summed E-state index contributed by atoms with van der Waals surface area (Å²) in [5.41, 5.74) is 9.39. The number of hydrogen-bond acceptors (Lipinski definition) is 8. The van der Waals surface area contributed by atoms with E-state index in [1.807, 2.05) is 0 Å². The zero-order chi connectivity index (χ0) is 19.8.